The van der Waals surface area contributed by atoms with Gasteiger partial charge in [0.05, 0.1) is 21.3 Å². The minimum Gasteiger partial charge on any atom is -0.493 e. The van der Waals surface area contributed by atoms with Gasteiger partial charge in [0.25, 0.3) is 0 Å². The molecular weight excluding hydrogens is 296 g/mol. The highest BCUT2D eigenvalue weighted by Crippen LogP contribution is 2.40. The first kappa shape index (κ1) is 17.4. The van der Waals surface area contributed by atoms with Crippen LogP contribution in [0.15, 0.2) is 12.1 Å². The van der Waals surface area contributed by atoms with Crippen LogP contribution in [0, 0.1) is 0 Å². The molecule has 0 aromatic heterocycles. The molecule has 1 aromatic rings. The Labute approximate surface area is 137 Å². The third-order valence-electron chi connectivity index (χ3n) is 4.09. The Bertz CT molecular complexity index is 526. The second-order valence-corrected chi connectivity index (χ2v) is 5.48. The van der Waals surface area contributed by atoms with Gasteiger partial charge < -0.3 is 24.4 Å². The zero-order valence-electron chi connectivity index (χ0n) is 14.2. The number of rotatable bonds is 6. The average Bonchev–Trinajstić information content (AvgIpc) is 2.87. The number of ether oxygens (including phenoxy) is 3. The molecule has 1 aliphatic heterocycles. The van der Waals surface area contributed by atoms with Gasteiger partial charge in [0.2, 0.25) is 11.7 Å². The van der Waals surface area contributed by atoms with Gasteiger partial charge in [0.15, 0.2) is 11.5 Å². The highest BCUT2D eigenvalue weighted by molar-refractivity contribution is 5.76. The summed E-state index contributed by atoms with van der Waals surface area (Å²) in [6.07, 6.45) is 2.09. The van der Waals surface area contributed by atoms with Crippen molar-refractivity contribution in [2.24, 2.45) is 0 Å². The molecule has 128 valence electrons. The van der Waals surface area contributed by atoms with Crippen LogP contribution >= 0.6 is 0 Å². The van der Waals surface area contributed by atoms with Crippen molar-refractivity contribution in [1.82, 2.24) is 10.2 Å². The van der Waals surface area contributed by atoms with Crippen LogP contribution in [0.1, 0.15) is 18.4 Å². The molecule has 1 aliphatic rings. The van der Waals surface area contributed by atoms with E-state index in [1.807, 2.05) is 17.0 Å². The summed E-state index contributed by atoms with van der Waals surface area (Å²) in [5, 5.41) is 3.31. The lowest BCUT2D eigenvalue weighted by Crippen LogP contribution is -2.34. The number of aryl methyl sites for hydroxylation is 1. The third kappa shape index (κ3) is 4.28. The SMILES string of the molecule is COc1ccc(CCC(=O)N2CCCNCC2)c(OC)c1OC. The lowest BCUT2D eigenvalue weighted by molar-refractivity contribution is -0.130. The van der Waals surface area contributed by atoms with Crippen molar-refractivity contribution in [3.63, 3.8) is 0 Å². The summed E-state index contributed by atoms with van der Waals surface area (Å²) in [7, 11) is 4.77. The summed E-state index contributed by atoms with van der Waals surface area (Å²) in [6, 6.07) is 3.77. The topological polar surface area (TPSA) is 60.0 Å². The molecule has 0 atom stereocenters. The quantitative estimate of drug-likeness (QED) is 0.859. The summed E-state index contributed by atoms with van der Waals surface area (Å²) in [5.41, 5.74) is 0.950. The van der Waals surface area contributed by atoms with Crippen LogP contribution in [0.3, 0.4) is 0 Å². The third-order valence-corrected chi connectivity index (χ3v) is 4.09. The minimum absolute atomic E-state index is 0.186. The monoisotopic (exact) mass is 322 g/mol. The Morgan fingerprint density at radius 2 is 1.87 bits per heavy atom. The molecule has 6 heteroatoms. The fraction of sp³-hybridized carbons (Fsp3) is 0.588. The maximum Gasteiger partial charge on any atom is 0.222 e. The Kier molecular flexibility index (Phi) is 6.52. The molecule has 6 nitrogen and oxygen atoms in total. The highest BCUT2D eigenvalue weighted by Gasteiger charge is 2.19. The van der Waals surface area contributed by atoms with Crippen molar-refractivity contribution in [2.75, 3.05) is 47.5 Å². The molecule has 1 N–H and O–H groups in total. The number of methoxy groups -OCH3 is 3. The van der Waals surface area contributed by atoms with E-state index < -0.39 is 0 Å². The number of benzene rings is 1. The molecule has 2 rings (SSSR count). The molecule has 0 spiro atoms. The molecule has 1 aromatic carbocycles. The van der Waals surface area contributed by atoms with E-state index >= 15 is 0 Å². The van der Waals surface area contributed by atoms with Crippen molar-refractivity contribution in [2.45, 2.75) is 19.3 Å². The molecular formula is C17H26N2O4. The molecule has 1 heterocycles. The summed E-state index contributed by atoms with van der Waals surface area (Å²) in [6.45, 7) is 3.45. The zero-order chi connectivity index (χ0) is 16.7. The van der Waals surface area contributed by atoms with Crippen molar-refractivity contribution < 1.29 is 19.0 Å². The molecule has 23 heavy (non-hydrogen) atoms. The van der Waals surface area contributed by atoms with E-state index in [0.717, 1.165) is 38.2 Å². The summed E-state index contributed by atoms with van der Waals surface area (Å²) < 4.78 is 16.1. The van der Waals surface area contributed by atoms with Gasteiger partial charge in [-0.05, 0) is 31.0 Å². The number of nitrogens with zero attached hydrogens (tertiary/aromatic N) is 1. The predicted molar refractivity (Wildman–Crippen MR) is 88.5 cm³/mol. The fourth-order valence-corrected chi connectivity index (χ4v) is 2.85. The van der Waals surface area contributed by atoms with Crippen molar-refractivity contribution >= 4 is 5.91 Å². The first-order chi connectivity index (χ1) is 11.2. The zero-order valence-corrected chi connectivity index (χ0v) is 14.2. The largest absolute Gasteiger partial charge is 0.493 e. The van der Waals surface area contributed by atoms with Gasteiger partial charge in [-0.25, -0.2) is 0 Å². The normalized spacial score (nSPS) is 15.0. The number of carbonyl (C=O) groups excluding carboxylic acids is 1. The Balaban J connectivity index is 2.06. The van der Waals surface area contributed by atoms with Crippen molar-refractivity contribution in [1.29, 1.82) is 0 Å². The van der Waals surface area contributed by atoms with Crippen LogP contribution in [0.4, 0.5) is 0 Å². The van der Waals surface area contributed by atoms with Crippen LogP contribution in [-0.2, 0) is 11.2 Å². The van der Waals surface area contributed by atoms with Crippen molar-refractivity contribution in [3.05, 3.63) is 17.7 Å². The van der Waals surface area contributed by atoms with Gasteiger partial charge in [0.1, 0.15) is 0 Å². The predicted octanol–water partition coefficient (Wildman–Crippen LogP) is 1.47. The number of amides is 1. The number of carbonyl (C=O) groups is 1. The lowest BCUT2D eigenvalue weighted by Gasteiger charge is -2.20. The standard InChI is InChI=1S/C17H26N2O4/c1-21-14-7-5-13(16(22-2)17(14)23-3)6-8-15(20)19-11-4-9-18-10-12-19/h5,7,18H,4,6,8-12H2,1-3H3. The Morgan fingerprint density at radius 1 is 1.09 bits per heavy atom. The Morgan fingerprint density at radius 3 is 2.57 bits per heavy atom. The lowest BCUT2D eigenvalue weighted by atomic mass is 10.1. The van der Waals surface area contributed by atoms with E-state index in [4.69, 9.17) is 14.2 Å². The second kappa shape index (κ2) is 8.62. The number of hydrogen-bond acceptors (Lipinski definition) is 5. The highest BCUT2D eigenvalue weighted by atomic mass is 16.5. The molecule has 0 unspecified atom stereocenters. The molecule has 1 fully saturated rings. The number of hydrogen-bond donors (Lipinski definition) is 1. The van der Waals surface area contributed by atoms with Gasteiger partial charge in [0, 0.05) is 26.1 Å². The van der Waals surface area contributed by atoms with Gasteiger partial charge in [-0.15, -0.1) is 0 Å². The molecule has 0 bridgehead atoms. The van der Waals surface area contributed by atoms with Crippen molar-refractivity contribution in [3.8, 4) is 17.2 Å². The average molecular weight is 322 g/mol. The van der Waals surface area contributed by atoms with E-state index in [2.05, 4.69) is 5.32 Å². The van der Waals surface area contributed by atoms with E-state index in [0.29, 0.717) is 30.1 Å². The smallest absolute Gasteiger partial charge is 0.222 e. The molecule has 1 amide bonds. The maximum absolute atomic E-state index is 12.4. The van der Waals surface area contributed by atoms with Crippen LogP contribution in [-0.4, -0.2) is 58.3 Å². The van der Waals surface area contributed by atoms with E-state index in [1.54, 1.807) is 21.3 Å². The molecule has 0 radical (unpaired) electrons. The second-order valence-electron chi connectivity index (χ2n) is 5.48. The summed E-state index contributed by atoms with van der Waals surface area (Å²) in [4.78, 5) is 14.3. The van der Waals surface area contributed by atoms with Gasteiger partial charge in [-0.3, -0.25) is 4.79 Å². The first-order valence-corrected chi connectivity index (χ1v) is 7.97. The van der Waals surface area contributed by atoms with E-state index in [-0.39, 0.29) is 5.91 Å². The summed E-state index contributed by atoms with van der Waals surface area (Å²) >= 11 is 0. The minimum atomic E-state index is 0.186. The maximum atomic E-state index is 12.4. The van der Waals surface area contributed by atoms with Crippen LogP contribution in [0.25, 0.3) is 0 Å². The van der Waals surface area contributed by atoms with Gasteiger partial charge in [-0.2, -0.15) is 0 Å². The van der Waals surface area contributed by atoms with Gasteiger partial charge >= 0.3 is 0 Å². The molecule has 1 saturated heterocycles. The molecule has 0 saturated carbocycles. The van der Waals surface area contributed by atoms with Gasteiger partial charge in [-0.1, -0.05) is 6.07 Å². The summed E-state index contributed by atoms with van der Waals surface area (Å²) in [5.74, 6) is 2.01. The van der Waals surface area contributed by atoms with E-state index in [9.17, 15) is 4.79 Å². The fourth-order valence-electron chi connectivity index (χ4n) is 2.85. The van der Waals surface area contributed by atoms with Crippen LogP contribution in [0.2, 0.25) is 0 Å². The Hall–Kier alpha value is -1.95. The van der Waals surface area contributed by atoms with Crippen LogP contribution in [0.5, 0.6) is 17.2 Å². The first-order valence-electron chi connectivity index (χ1n) is 7.97. The van der Waals surface area contributed by atoms with Crippen LogP contribution < -0.4 is 19.5 Å². The molecule has 0 aliphatic carbocycles. The van der Waals surface area contributed by atoms with E-state index in [1.165, 1.54) is 0 Å². The number of nitrogens with one attached hydrogen (secondary N) is 1.